The van der Waals surface area contributed by atoms with E-state index in [0.717, 1.165) is 5.69 Å². The van der Waals surface area contributed by atoms with Crippen molar-refractivity contribution in [1.29, 1.82) is 0 Å². The molecule has 0 aliphatic carbocycles. The number of anilines is 2. The SMILES string of the molecule is O=C(O)c1ccc(NC(=S)Nc2ccc(Oc3ccc(Cl)cc3)cc2)cc1. The summed E-state index contributed by atoms with van der Waals surface area (Å²) in [6.45, 7) is 0. The van der Waals surface area contributed by atoms with Crippen molar-refractivity contribution in [2.24, 2.45) is 0 Å². The van der Waals surface area contributed by atoms with E-state index in [2.05, 4.69) is 10.6 Å². The van der Waals surface area contributed by atoms with E-state index in [1.165, 1.54) is 12.1 Å². The van der Waals surface area contributed by atoms with Gasteiger partial charge >= 0.3 is 5.97 Å². The Bertz CT molecular complexity index is 942. The average Bonchev–Trinajstić information content (AvgIpc) is 2.65. The quantitative estimate of drug-likeness (QED) is 0.483. The number of thiocarbonyl (C=S) groups is 1. The largest absolute Gasteiger partial charge is 0.478 e. The van der Waals surface area contributed by atoms with Gasteiger partial charge in [-0.25, -0.2) is 4.79 Å². The van der Waals surface area contributed by atoms with E-state index in [1.807, 2.05) is 24.3 Å². The van der Waals surface area contributed by atoms with Crippen LogP contribution in [0.2, 0.25) is 5.02 Å². The van der Waals surface area contributed by atoms with Crippen molar-refractivity contribution in [3.8, 4) is 11.5 Å². The molecule has 3 rings (SSSR count). The molecule has 0 spiro atoms. The van der Waals surface area contributed by atoms with E-state index in [0.29, 0.717) is 27.3 Å². The number of ether oxygens (including phenoxy) is 1. The van der Waals surface area contributed by atoms with Gasteiger partial charge in [0.25, 0.3) is 0 Å². The molecule has 0 bridgehead atoms. The van der Waals surface area contributed by atoms with Gasteiger partial charge in [-0.05, 0) is 85.0 Å². The molecule has 0 aromatic heterocycles. The van der Waals surface area contributed by atoms with Crippen molar-refractivity contribution in [3.63, 3.8) is 0 Å². The first-order valence-corrected chi connectivity index (χ1v) is 8.73. The second-order valence-corrected chi connectivity index (χ2v) is 6.39. The number of hydrogen-bond donors (Lipinski definition) is 3. The summed E-state index contributed by atoms with van der Waals surface area (Å²) >= 11 is 11.1. The lowest BCUT2D eigenvalue weighted by Crippen LogP contribution is -2.19. The summed E-state index contributed by atoms with van der Waals surface area (Å²) in [7, 11) is 0. The third-order valence-corrected chi connectivity index (χ3v) is 4.01. The number of carbonyl (C=O) groups is 1. The van der Waals surface area contributed by atoms with E-state index in [9.17, 15) is 4.79 Å². The molecule has 0 atom stereocenters. The van der Waals surface area contributed by atoms with Crippen molar-refractivity contribution < 1.29 is 14.6 Å². The highest BCUT2D eigenvalue weighted by atomic mass is 35.5. The Morgan fingerprint density at radius 3 is 1.74 bits per heavy atom. The molecule has 0 aliphatic rings. The van der Waals surface area contributed by atoms with Crippen molar-refractivity contribution in [2.45, 2.75) is 0 Å². The zero-order chi connectivity index (χ0) is 19.2. The molecule has 5 nitrogen and oxygen atoms in total. The molecule has 0 saturated carbocycles. The lowest BCUT2D eigenvalue weighted by Gasteiger charge is -2.11. The van der Waals surface area contributed by atoms with Gasteiger partial charge in [0.2, 0.25) is 0 Å². The summed E-state index contributed by atoms with van der Waals surface area (Å²) in [6, 6.07) is 20.8. The average molecular weight is 399 g/mol. The van der Waals surface area contributed by atoms with Gasteiger partial charge in [0, 0.05) is 16.4 Å². The second-order valence-electron chi connectivity index (χ2n) is 5.54. The van der Waals surface area contributed by atoms with Gasteiger partial charge < -0.3 is 20.5 Å². The van der Waals surface area contributed by atoms with Crippen molar-refractivity contribution >= 4 is 46.3 Å². The van der Waals surface area contributed by atoms with Crippen LogP contribution in [0.1, 0.15) is 10.4 Å². The lowest BCUT2D eigenvalue weighted by molar-refractivity contribution is 0.0697. The highest BCUT2D eigenvalue weighted by Gasteiger charge is 2.04. The van der Waals surface area contributed by atoms with Gasteiger partial charge in [0.15, 0.2) is 5.11 Å². The molecule has 3 aromatic carbocycles. The predicted molar refractivity (Wildman–Crippen MR) is 111 cm³/mol. The molecule has 0 unspecified atom stereocenters. The van der Waals surface area contributed by atoms with Gasteiger partial charge in [-0.1, -0.05) is 11.6 Å². The number of aromatic carboxylic acids is 1. The van der Waals surface area contributed by atoms with Crippen LogP contribution >= 0.6 is 23.8 Å². The smallest absolute Gasteiger partial charge is 0.335 e. The van der Waals surface area contributed by atoms with E-state index in [-0.39, 0.29) is 5.56 Å². The first-order chi connectivity index (χ1) is 13.0. The molecule has 0 amide bonds. The van der Waals surface area contributed by atoms with Crippen molar-refractivity contribution in [1.82, 2.24) is 0 Å². The second kappa shape index (κ2) is 8.53. The summed E-state index contributed by atoms with van der Waals surface area (Å²) in [5.41, 5.74) is 1.70. The number of nitrogens with one attached hydrogen (secondary N) is 2. The van der Waals surface area contributed by atoms with Gasteiger partial charge in [-0.15, -0.1) is 0 Å². The van der Waals surface area contributed by atoms with E-state index in [1.54, 1.807) is 36.4 Å². The van der Waals surface area contributed by atoms with Crippen LogP contribution in [-0.4, -0.2) is 16.2 Å². The predicted octanol–water partition coefficient (Wildman–Crippen LogP) is 5.64. The maximum absolute atomic E-state index is 10.9. The third kappa shape index (κ3) is 5.44. The van der Waals surface area contributed by atoms with Crippen LogP contribution in [0.3, 0.4) is 0 Å². The van der Waals surface area contributed by atoms with Crippen LogP contribution in [0.4, 0.5) is 11.4 Å². The molecule has 7 heteroatoms. The van der Waals surface area contributed by atoms with Crippen LogP contribution in [0.25, 0.3) is 0 Å². The molecule has 0 saturated heterocycles. The van der Waals surface area contributed by atoms with Crippen LogP contribution in [0, 0.1) is 0 Å². The monoisotopic (exact) mass is 398 g/mol. The highest BCUT2D eigenvalue weighted by molar-refractivity contribution is 7.80. The zero-order valence-corrected chi connectivity index (χ0v) is 15.6. The number of carboxylic acid groups (broad SMARTS) is 1. The van der Waals surface area contributed by atoms with Crippen LogP contribution in [-0.2, 0) is 0 Å². The first kappa shape index (κ1) is 18.7. The van der Waals surface area contributed by atoms with E-state index < -0.39 is 5.97 Å². The topological polar surface area (TPSA) is 70.6 Å². The van der Waals surface area contributed by atoms with Gasteiger partial charge in [0.05, 0.1) is 5.56 Å². The summed E-state index contributed by atoms with van der Waals surface area (Å²) in [5, 5.41) is 16.0. The molecule has 0 radical (unpaired) electrons. The molecule has 0 fully saturated rings. The first-order valence-electron chi connectivity index (χ1n) is 7.94. The minimum atomic E-state index is -0.969. The third-order valence-electron chi connectivity index (χ3n) is 3.55. The highest BCUT2D eigenvalue weighted by Crippen LogP contribution is 2.24. The van der Waals surface area contributed by atoms with Gasteiger partial charge in [-0.2, -0.15) is 0 Å². The summed E-state index contributed by atoms with van der Waals surface area (Å²) in [6.07, 6.45) is 0. The Morgan fingerprint density at radius 2 is 1.26 bits per heavy atom. The zero-order valence-electron chi connectivity index (χ0n) is 14.0. The Morgan fingerprint density at radius 1 is 0.815 bits per heavy atom. The summed E-state index contributed by atoms with van der Waals surface area (Å²) < 4.78 is 5.74. The molecule has 0 heterocycles. The fourth-order valence-corrected chi connectivity index (χ4v) is 2.60. The molecule has 3 aromatic rings. The fourth-order valence-electron chi connectivity index (χ4n) is 2.23. The number of hydrogen-bond acceptors (Lipinski definition) is 3. The number of benzene rings is 3. The molecule has 3 N–H and O–H groups in total. The fraction of sp³-hybridized carbons (Fsp3) is 0. The maximum Gasteiger partial charge on any atom is 0.335 e. The Kier molecular flexibility index (Phi) is 5.90. The van der Waals surface area contributed by atoms with Crippen LogP contribution in [0.5, 0.6) is 11.5 Å². The number of carboxylic acids is 1. The standard InChI is InChI=1S/C20H15ClN2O3S/c21-14-3-9-17(10-4-14)26-18-11-7-16(8-12-18)23-20(27)22-15-5-1-13(2-6-15)19(24)25/h1-12H,(H,24,25)(H2,22,23,27). The van der Waals surface area contributed by atoms with Gasteiger partial charge in [-0.3, -0.25) is 0 Å². The summed E-state index contributed by atoms with van der Waals surface area (Å²) in [5.74, 6) is 0.413. The minimum absolute atomic E-state index is 0.218. The maximum atomic E-state index is 10.9. The van der Waals surface area contributed by atoms with E-state index in [4.69, 9.17) is 33.7 Å². The molecular formula is C20H15ClN2O3S. The van der Waals surface area contributed by atoms with Gasteiger partial charge in [0.1, 0.15) is 11.5 Å². The molecular weight excluding hydrogens is 384 g/mol. The number of rotatable bonds is 5. The van der Waals surface area contributed by atoms with Crippen molar-refractivity contribution in [2.75, 3.05) is 10.6 Å². The normalized spacial score (nSPS) is 10.1. The Balaban J connectivity index is 1.56. The molecule has 27 heavy (non-hydrogen) atoms. The van der Waals surface area contributed by atoms with Crippen LogP contribution < -0.4 is 15.4 Å². The van der Waals surface area contributed by atoms with Crippen LogP contribution in [0.15, 0.2) is 72.8 Å². The summed E-state index contributed by atoms with van der Waals surface area (Å²) in [4.78, 5) is 10.9. The number of halogens is 1. The Hall–Kier alpha value is -3.09. The van der Waals surface area contributed by atoms with E-state index >= 15 is 0 Å². The molecule has 136 valence electrons. The van der Waals surface area contributed by atoms with Crippen molar-refractivity contribution in [3.05, 3.63) is 83.4 Å². The lowest BCUT2D eigenvalue weighted by atomic mass is 10.2. The Labute approximate surface area is 166 Å². The minimum Gasteiger partial charge on any atom is -0.478 e. The molecule has 0 aliphatic heterocycles.